The van der Waals surface area contributed by atoms with Crippen LogP contribution in [0.25, 0.3) is 0 Å². The number of nitrogens with zero attached hydrogens (tertiary/aromatic N) is 5. The Morgan fingerprint density at radius 1 is 1.02 bits per heavy atom. The van der Waals surface area contributed by atoms with Gasteiger partial charge in [-0.05, 0) is 59.0 Å². The topological polar surface area (TPSA) is 257 Å². The van der Waals surface area contributed by atoms with Crippen molar-refractivity contribution < 1.29 is 53.1 Å². The Morgan fingerprint density at radius 3 is 2.25 bits per heavy atom. The summed E-state index contributed by atoms with van der Waals surface area (Å²) in [5.74, 6) is -5.31. The second kappa shape index (κ2) is 17.8. The van der Waals surface area contributed by atoms with Gasteiger partial charge in [0, 0.05) is 50.6 Å². The predicted molar refractivity (Wildman–Crippen MR) is 211 cm³/mol. The van der Waals surface area contributed by atoms with E-state index in [-0.39, 0.29) is 47.1 Å². The number of amidine groups is 1. The molecule has 2 aliphatic heterocycles. The lowest BCUT2D eigenvalue weighted by atomic mass is 9.98. The number of ether oxygens (including phenoxy) is 2. The maximum atomic E-state index is 14.4. The van der Waals surface area contributed by atoms with E-state index >= 15 is 0 Å². The Kier molecular flexibility index (Phi) is 12.8. The minimum absolute atomic E-state index is 0.0380. The van der Waals surface area contributed by atoms with Crippen molar-refractivity contribution in [2.24, 2.45) is 5.73 Å². The lowest BCUT2D eigenvalue weighted by Gasteiger charge is -2.35. The zero-order valence-corrected chi connectivity index (χ0v) is 32.5. The van der Waals surface area contributed by atoms with Gasteiger partial charge in [0.05, 0.1) is 17.9 Å². The van der Waals surface area contributed by atoms with E-state index in [0.717, 1.165) is 28.8 Å². The van der Waals surface area contributed by atoms with Crippen LogP contribution in [0.4, 0.5) is 29.9 Å². The number of carbonyl (C=O) groups is 3. The molecule has 20 heteroatoms. The van der Waals surface area contributed by atoms with Crippen LogP contribution < -0.4 is 21.6 Å². The molecule has 3 aromatic carbocycles. The molecule has 4 aromatic rings. The molecule has 318 valence electrons. The van der Waals surface area contributed by atoms with Gasteiger partial charge in [-0.15, -0.1) is 0 Å². The normalized spacial score (nSPS) is 18.9. The number of aromatic hydroxyl groups is 2. The fourth-order valence-electron chi connectivity index (χ4n) is 6.85. The van der Waals surface area contributed by atoms with Crippen LogP contribution in [0.15, 0.2) is 77.7 Å². The second-order valence-corrected chi connectivity index (χ2v) is 14.6. The van der Waals surface area contributed by atoms with Crippen molar-refractivity contribution >= 4 is 35.4 Å². The van der Waals surface area contributed by atoms with E-state index in [4.69, 9.17) is 20.6 Å². The number of benzene rings is 3. The predicted octanol–water partition coefficient (Wildman–Crippen LogP) is 3.28. The molecule has 0 radical (unpaired) electrons. The minimum atomic E-state index is -3.89. The standard InChI is InChI=1S/C40H44F2N8O10/c1-22(2)27-17-28(30(53)18-29(27)52)34(43)50(37(44)56)26-9-5-23(6-10-26)19-47-13-15-48(16-14-47)35(55)25-7-3-24(4-8-25)21-59-39(58)46-32-11-12-49(38(57)45-32)36-40(41,42)33(54)31(20-51)60-36/h3-12,17-18,22,31,33,36,43,51-54H,13-16,19-21H2,1-2H3,(H2,44,56)(H,45,46,57,58)/t31-,33?,36-/m1/s1. The van der Waals surface area contributed by atoms with Gasteiger partial charge in [0.25, 0.3) is 5.91 Å². The van der Waals surface area contributed by atoms with Gasteiger partial charge in [0.1, 0.15) is 35.9 Å². The van der Waals surface area contributed by atoms with Crippen LogP contribution >= 0.6 is 0 Å². The number of hydrogen-bond acceptors (Lipinski definition) is 13. The molecule has 2 fully saturated rings. The Morgan fingerprint density at radius 2 is 1.67 bits per heavy atom. The molecule has 0 saturated carbocycles. The molecule has 1 aromatic heterocycles. The Balaban J connectivity index is 0.966. The lowest BCUT2D eigenvalue weighted by Crippen LogP contribution is -2.48. The van der Waals surface area contributed by atoms with Gasteiger partial charge in [-0.3, -0.25) is 25.0 Å². The first-order valence-corrected chi connectivity index (χ1v) is 18.8. The minimum Gasteiger partial charge on any atom is -0.508 e. The summed E-state index contributed by atoms with van der Waals surface area (Å²) in [6, 6.07) is 16.1. The number of aromatic nitrogens is 2. The fourth-order valence-corrected chi connectivity index (χ4v) is 6.85. The second-order valence-electron chi connectivity index (χ2n) is 14.6. The van der Waals surface area contributed by atoms with Crippen LogP contribution in [-0.4, -0.2) is 115 Å². The molecule has 0 aliphatic carbocycles. The van der Waals surface area contributed by atoms with Crippen molar-refractivity contribution in [3.05, 3.63) is 111 Å². The zero-order valence-electron chi connectivity index (χ0n) is 32.5. The van der Waals surface area contributed by atoms with Crippen molar-refractivity contribution in [2.45, 2.75) is 57.3 Å². The molecule has 3 atom stereocenters. The van der Waals surface area contributed by atoms with E-state index in [9.17, 15) is 48.4 Å². The van der Waals surface area contributed by atoms with E-state index in [0.29, 0.717) is 59.7 Å². The first-order chi connectivity index (χ1) is 28.5. The van der Waals surface area contributed by atoms with Gasteiger partial charge in [-0.1, -0.05) is 38.1 Å². The van der Waals surface area contributed by atoms with Crippen molar-refractivity contribution in [1.29, 1.82) is 5.41 Å². The summed E-state index contributed by atoms with van der Waals surface area (Å²) < 4.78 is 39.4. The smallest absolute Gasteiger partial charge is 0.413 e. The molecule has 60 heavy (non-hydrogen) atoms. The number of piperazine rings is 1. The first kappa shape index (κ1) is 43.1. The number of halogens is 2. The molecule has 0 spiro atoms. The summed E-state index contributed by atoms with van der Waals surface area (Å²) in [7, 11) is 0. The van der Waals surface area contributed by atoms with Gasteiger partial charge in [-0.25, -0.2) is 19.3 Å². The molecule has 2 aliphatic rings. The number of amides is 4. The molecular weight excluding hydrogens is 790 g/mol. The molecule has 8 N–H and O–H groups in total. The fraction of sp³-hybridized carbons (Fsp3) is 0.350. The average Bonchev–Trinajstić information content (AvgIpc) is 3.44. The van der Waals surface area contributed by atoms with Crippen LogP contribution in [0.5, 0.6) is 11.5 Å². The van der Waals surface area contributed by atoms with Crippen molar-refractivity contribution in [2.75, 3.05) is 43.0 Å². The summed E-state index contributed by atoms with van der Waals surface area (Å²) in [5.41, 5.74) is 7.20. The Labute approximate surface area is 341 Å². The molecule has 0 bridgehead atoms. The summed E-state index contributed by atoms with van der Waals surface area (Å²) in [6.07, 6.45) is -6.26. The third kappa shape index (κ3) is 9.20. The highest BCUT2D eigenvalue weighted by molar-refractivity contribution is 6.22. The quantitative estimate of drug-likeness (QED) is 0.0849. The lowest BCUT2D eigenvalue weighted by molar-refractivity contribution is -0.140. The maximum absolute atomic E-state index is 14.4. The van der Waals surface area contributed by atoms with E-state index in [2.05, 4.69) is 15.2 Å². The van der Waals surface area contributed by atoms with E-state index in [1.54, 1.807) is 53.4 Å². The highest BCUT2D eigenvalue weighted by Crippen LogP contribution is 2.42. The van der Waals surface area contributed by atoms with Crippen molar-refractivity contribution in [1.82, 2.24) is 19.4 Å². The number of phenols is 2. The third-order valence-electron chi connectivity index (χ3n) is 10.2. The monoisotopic (exact) mass is 834 g/mol. The van der Waals surface area contributed by atoms with Crippen LogP contribution in [0.3, 0.4) is 0 Å². The number of hydrogen-bond donors (Lipinski definition) is 7. The number of anilines is 2. The maximum Gasteiger partial charge on any atom is 0.413 e. The molecule has 2 saturated heterocycles. The van der Waals surface area contributed by atoms with Crippen molar-refractivity contribution in [3.63, 3.8) is 0 Å². The number of primary amides is 1. The average molecular weight is 835 g/mol. The highest BCUT2D eigenvalue weighted by Gasteiger charge is 2.59. The van der Waals surface area contributed by atoms with Gasteiger partial charge < -0.3 is 40.5 Å². The largest absolute Gasteiger partial charge is 0.508 e. The zero-order chi connectivity index (χ0) is 43.5. The number of alkyl halides is 2. The van der Waals surface area contributed by atoms with Crippen LogP contribution in [0.1, 0.15) is 58.6 Å². The number of nitrogens with one attached hydrogen (secondary N) is 2. The van der Waals surface area contributed by atoms with E-state index in [1.165, 1.54) is 6.07 Å². The SMILES string of the molecule is CC(C)c1cc(C(=N)N(C(N)=O)c2ccc(CN3CCN(C(=O)c4ccc(COC(=O)Nc5ccn([C@@H]6O[C@H](CO)C(O)C6(F)F)c(=O)n5)cc4)CC3)cc2)c(O)cc1O. The van der Waals surface area contributed by atoms with Crippen LogP contribution in [-0.2, 0) is 22.6 Å². The van der Waals surface area contributed by atoms with Gasteiger partial charge in [0.2, 0.25) is 6.23 Å². The van der Waals surface area contributed by atoms with E-state index < -0.39 is 48.8 Å². The van der Waals surface area contributed by atoms with E-state index in [1.807, 2.05) is 13.8 Å². The summed E-state index contributed by atoms with van der Waals surface area (Å²) in [4.78, 5) is 59.0. The molecule has 18 nitrogen and oxygen atoms in total. The van der Waals surface area contributed by atoms with Crippen LogP contribution in [0, 0.1) is 5.41 Å². The van der Waals surface area contributed by atoms with Crippen LogP contribution in [0.2, 0.25) is 0 Å². The number of carbonyl (C=O) groups excluding carboxylic acids is 3. The number of rotatable bonds is 11. The summed E-state index contributed by atoms with van der Waals surface area (Å²) in [6.45, 7) is 5.25. The summed E-state index contributed by atoms with van der Waals surface area (Å²) >= 11 is 0. The molecule has 6 rings (SSSR count). The molecule has 3 heterocycles. The number of nitrogens with two attached hydrogens (primary N) is 1. The Bertz CT molecular complexity index is 2300. The highest BCUT2D eigenvalue weighted by atomic mass is 19.3. The van der Waals surface area contributed by atoms with Gasteiger partial charge in [0.15, 0.2) is 6.10 Å². The third-order valence-corrected chi connectivity index (χ3v) is 10.2. The summed E-state index contributed by atoms with van der Waals surface area (Å²) in [5, 5.41) is 50.5. The van der Waals surface area contributed by atoms with Crippen molar-refractivity contribution in [3.8, 4) is 11.5 Å². The van der Waals surface area contributed by atoms with Gasteiger partial charge in [-0.2, -0.15) is 13.8 Å². The molecule has 4 amide bonds. The molecule has 1 unspecified atom stereocenters. The number of aliphatic hydroxyl groups is 2. The number of urea groups is 1. The first-order valence-electron chi connectivity index (χ1n) is 18.8. The Hall–Kier alpha value is -6.48. The van der Waals surface area contributed by atoms with Gasteiger partial charge >= 0.3 is 23.7 Å². The number of phenolic OH excluding ortho intramolecular Hbond substituents is 2. The molecular formula is C40H44F2N8O10. The number of aliphatic hydroxyl groups excluding tert-OH is 2.